The van der Waals surface area contributed by atoms with Crippen molar-refractivity contribution in [2.45, 2.75) is 13.3 Å². The molecule has 0 spiro atoms. The zero-order valence-electron chi connectivity index (χ0n) is 23.6. The maximum absolute atomic E-state index is 14.1. The molecule has 0 bridgehead atoms. The molecule has 1 aliphatic carbocycles. The highest BCUT2D eigenvalue weighted by Crippen LogP contribution is 2.43. The number of aromatic hydroxyl groups is 1. The predicted octanol–water partition coefficient (Wildman–Crippen LogP) is 2.28. The van der Waals surface area contributed by atoms with E-state index in [0.29, 0.717) is 68.0 Å². The van der Waals surface area contributed by atoms with Crippen LogP contribution in [0.1, 0.15) is 54.7 Å². The minimum absolute atomic E-state index is 0. The molecule has 12 heteroatoms. The Morgan fingerprint density at radius 3 is 1.88 bits per heavy atom. The number of hydrogen-bond donors (Lipinski definition) is 7. The van der Waals surface area contributed by atoms with E-state index < -0.39 is 17.5 Å². The fourth-order valence-corrected chi connectivity index (χ4v) is 5.15. The van der Waals surface area contributed by atoms with Crippen LogP contribution in [0.25, 0.3) is 10.8 Å². The summed E-state index contributed by atoms with van der Waals surface area (Å²) in [6, 6.07) is 8.30. The molecule has 0 amide bonds. The number of phenolic OH excluding ortho intramolecular Hbond substituents is 1. The summed E-state index contributed by atoms with van der Waals surface area (Å²) in [4.78, 5) is 41.0. The smallest absolute Gasteiger partial charge is 0.338 e. The van der Waals surface area contributed by atoms with Gasteiger partial charge in [-0.3, -0.25) is 9.59 Å². The molecule has 226 valence electrons. The Balaban J connectivity index is 0.00000484. The number of aryl methyl sites for hydroxylation is 1. The van der Waals surface area contributed by atoms with Gasteiger partial charge in [0.25, 0.3) is 0 Å². The van der Waals surface area contributed by atoms with Crippen LogP contribution >= 0.6 is 24.0 Å². The molecule has 7 N–H and O–H groups in total. The zero-order valence-corrected chi connectivity index (χ0v) is 26.0. The van der Waals surface area contributed by atoms with Crippen LogP contribution < -0.4 is 21.3 Å². The van der Waals surface area contributed by atoms with Gasteiger partial charge in [0.1, 0.15) is 5.75 Å². The average Bonchev–Trinajstić information content (AvgIpc) is 2.98. The topological polar surface area (TPSA) is 169 Å². The Labute approximate surface area is 261 Å². The molecule has 0 atom stereocenters. The number of fused-ring (bicyclic) bond motifs is 3. The highest BCUT2D eigenvalue weighted by atomic mass is 127. The predicted molar refractivity (Wildman–Crippen MR) is 172 cm³/mol. The molecule has 0 radical (unpaired) electrons. The van der Waals surface area contributed by atoms with E-state index >= 15 is 0 Å². The summed E-state index contributed by atoms with van der Waals surface area (Å²) < 4.78 is 5.01. The van der Waals surface area contributed by atoms with E-state index in [1.54, 1.807) is 24.3 Å². The first-order valence-electron chi connectivity index (χ1n) is 13.7. The van der Waals surface area contributed by atoms with Gasteiger partial charge >= 0.3 is 5.97 Å². The van der Waals surface area contributed by atoms with Crippen LogP contribution in [-0.4, -0.2) is 92.4 Å². The maximum Gasteiger partial charge on any atom is 0.338 e. The van der Waals surface area contributed by atoms with Crippen LogP contribution in [0.15, 0.2) is 30.3 Å². The second kappa shape index (κ2) is 15.3. The van der Waals surface area contributed by atoms with Crippen LogP contribution in [0.5, 0.6) is 5.75 Å². The lowest BCUT2D eigenvalue weighted by Crippen LogP contribution is -2.29. The van der Waals surface area contributed by atoms with Crippen LogP contribution in [0.2, 0.25) is 0 Å². The van der Waals surface area contributed by atoms with Crippen molar-refractivity contribution in [3.63, 3.8) is 0 Å². The van der Waals surface area contributed by atoms with E-state index in [1.807, 2.05) is 6.92 Å². The van der Waals surface area contributed by atoms with Gasteiger partial charge in [-0.15, -0.1) is 24.0 Å². The van der Waals surface area contributed by atoms with Gasteiger partial charge in [0, 0.05) is 67.0 Å². The Morgan fingerprint density at radius 1 is 0.786 bits per heavy atom. The maximum atomic E-state index is 14.1. The molecule has 42 heavy (non-hydrogen) atoms. The van der Waals surface area contributed by atoms with Crippen molar-refractivity contribution < 1.29 is 34.4 Å². The molecular formula is C30H37IN4O7. The number of ether oxygens (including phenoxy) is 1. The molecule has 4 rings (SSSR count). The number of carbonyl (C=O) groups excluding carboxylic acids is 3. The molecule has 0 heterocycles. The molecular weight excluding hydrogens is 655 g/mol. The first kappa shape index (κ1) is 33.2. The molecule has 1 aliphatic rings. The number of halogens is 1. The Morgan fingerprint density at radius 2 is 1.36 bits per heavy atom. The third-order valence-corrected chi connectivity index (χ3v) is 7.09. The van der Waals surface area contributed by atoms with Gasteiger partial charge in [0.15, 0.2) is 11.6 Å². The fraction of sp³-hybridized carbons (Fsp3) is 0.367. The van der Waals surface area contributed by atoms with Gasteiger partial charge < -0.3 is 41.3 Å². The molecule has 3 aromatic carbocycles. The summed E-state index contributed by atoms with van der Waals surface area (Å²) in [5.41, 5.74) is 2.04. The Kier molecular flexibility index (Phi) is 12.1. The first-order chi connectivity index (χ1) is 19.9. The summed E-state index contributed by atoms with van der Waals surface area (Å²) in [6.45, 7) is 4.60. The molecule has 0 saturated carbocycles. The van der Waals surface area contributed by atoms with Gasteiger partial charge in [0.2, 0.25) is 0 Å². The SMILES string of the molecule is CCc1ccc2c(O)c3c(cc2c1C(=O)OC)C(=O)c1c(NCCNCCO)ccc(NCCNCCO)c1C3=O.I. The molecule has 0 aliphatic heterocycles. The number of aliphatic hydroxyl groups is 2. The van der Waals surface area contributed by atoms with Crippen LogP contribution in [0.4, 0.5) is 11.4 Å². The normalized spacial score (nSPS) is 12.0. The third kappa shape index (κ3) is 6.52. The lowest BCUT2D eigenvalue weighted by atomic mass is 9.79. The molecule has 0 saturated heterocycles. The van der Waals surface area contributed by atoms with E-state index in [0.717, 1.165) is 0 Å². The number of ketones is 2. The van der Waals surface area contributed by atoms with Gasteiger partial charge in [-0.05, 0) is 30.2 Å². The quantitative estimate of drug-likeness (QED) is 0.0588. The summed E-state index contributed by atoms with van der Waals surface area (Å²) in [5.74, 6) is -1.93. The van der Waals surface area contributed by atoms with Crippen molar-refractivity contribution in [2.24, 2.45) is 0 Å². The van der Waals surface area contributed by atoms with Gasteiger partial charge in [-0.1, -0.05) is 19.1 Å². The van der Waals surface area contributed by atoms with Crippen molar-refractivity contribution in [2.75, 3.05) is 70.2 Å². The number of benzene rings is 3. The number of rotatable bonds is 14. The number of nitrogens with one attached hydrogen (secondary N) is 4. The zero-order chi connectivity index (χ0) is 29.5. The lowest BCUT2D eigenvalue weighted by Gasteiger charge is -2.25. The van der Waals surface area contributed by atoms with Crippen LogP contribution in [0.3, 0.4) is 0 Å². The Bertz CT molecular complexity index is 1480. The standard InChI is InChI=1S/C30H36N4O7.HI/c1-3-17-4-5-18-19(23(17)30(40)41-2)16-20-24(27(18)37)29(39)26-22(34-11-9-32-13-15-36)7-6-21(25(26)28(20)38)33-10-8-31-12-14-35;/h4-7,16,31-37H,3,8-15H2,1-2H3;1H. The van der Waals surface area contributed by atoms with Crippen molar-refractivity contribution >= 4 is 63.7 Å². The number of aliphatic hydroxyl groups excluding tert-OH is 2. The lowest BCUT2D eigenvalue weighted by molar-refractivity contribution is 0.0601. The van der Waals surface area contributed by atoms with Gasteiger partial charge in [-0.25, -0.2) is 4.79 Å². The summed E-state index contributed by atoms with van der Waals surface area (Å²) in [6.07, 6.45) is 0.522. The summed E-state index contributed by atoms with van der Waals surface area (Å²) in [5, 5.41) is 42.5. The Hall–Kier alpha value is -3.30. The van der Waals surface area contributed by atoms with Gasteiger partial charge in [0.05, 0.1) is 42.6 Å². The highest BCUT2D eigenvalue weighted by molar-refractivity contribution is 14.0. The fourth-order valence-electron chi connectivity index (χ4n) is 5.15. The largest absolute Gasteiger partial charge is 0.507 e. The van der Waals surface area contributed by atoms with E-state index in [2.05, 4.69) is 21.3 Å². The number of carbonyl (C=O) groups is 3. The van der Waals surface area contributed by atoms with Gasteiger partial charge in [-0.2, -0.15) is 0 Å². The minimum atomic E-state index is -0.596. The number of hydrogen-bond acceptors (Lipinski definition) is 11. The molecule has 0 aromatic heterocycles. The van der Waals surface area contributed by atoms with Crippen LogP contribution in [-0.2, 0) is 11.2 Å². The van der Waals surface area contributed by atoms with E-state index in [1.165, 1.54) is 13.2 Å². The molecule has 3 aromatic rings. The van der Waals surface area contributed by atoms with Crippen molar-refractivity contribution in [1.82, 2.24) is 10.6 Å². The first-order valence-corrected chi connectivity index (χ1v) is 13.7. The minimum Gasteiger partial charge on any atom is -0.507 e. The number of esters is 1. The van der Waals surface area contributed by atoms with E-state index in [9.17, 15) is 19.5 Å². The molecule has 11 nitrogen and oxygen atoms in total. The monoisotopic (exact) mass is 692 g/mol. The third-order valence-electron chi connectivity index (χ3n) is 7.09. The van der Waals surface area contributed by atoms with E-state index in [-0.39, 0.29) is 76.1 Å². The number of anilines is 2. The molecule has 0 fully saturated rings. The highest BCUT2D eigenvalue weighted by Gasteiger charge is 2.37. The van der Waals surface area contributed by atoms with E-state index in [4.69, 9.17) is 14.9 Å². The van der Waals surface area contributed by atoms with Crippen molar-refractivity contribution in [1.29, 1.82) is 0 Å². The summed E-state index contributed by atoms with van der Waals surface area (Å²) in [7, 11) is 1.27. The number of methoxy groups -OCH3 is 1. The summed E-state index contributed by atoms with van der Waals surface area (Å²) >= 11 is 0. The van der Waals surface area contributed by atoms with Crippen molar-refractivity contribution in [3.05, 3.63) is 63.7 Å². The second-order valence-electron chi connectivity index (χ2n) is 9.56. The van der Waals surface area contributed by atoms with Crippen LogP contribution in [0, 0.1) is 0 Å². The number of phenols is 1. The second-order valence-corrected chi connectivity index (χ2v) is 9.56. The van der Waals surface area contributed by atoms with Crippen molar-refractivity contribution in [3.8, 4) is 5.75 Å². The molecule has 0 unspecified atom stereocenters. The average molecular weight is 693 g/mol.